The molecule has 0 aromatic heterocycles. The lowest BCUT2D eigenvalue weighted by molar-refractivity contribution is 0.226. The van der Waals surface area contributed by atoms with E-state index in [4.69, 9.17) is 21.3 Å². The molecule has 0 spiro atoms. The lowest BCUT2D eigenvalue weighted by Crippen LogP contribution is -2.36. The molecule has 3 rings (SSSR count). The summed E-state index contributed by atoms with van der Waals surface area (Å²) in [4.78, 5) is 0. The van der Waals surface area contributed by atoms with Crippen LogP contribution >= 0.6 is 23.9 Å². The predicted octanol–water partition coefficient (Wildman–Crippen LogP) is 5.01. The number of nitrogens with zero attached hydrogens (tertiary/aromatic N) is 4. The first-order chi connectivity index (χ1) is 14.5. The largest absolute Gasteiger partial charge is 0.756 e. The Hall–Kier alpha value is -1.48. The molecule has 0 aliphatic carbocycles. The predicted molar refractivity (Wildman–Crippen MR) is 123 cm³/mol. The summed E-state index contributed by atoms with van der Waals surface area (Å²) in [6.07, 6.45) is 5.61. The Kier molecular flexibility index (Phi) is 8.68. The van der Waals surface area contributed by atoms with Gasteiger partial charge < -0.3 is 19.7 Å². The number of unbranched alkanes of at least 4 members (excludes halogenated alkanes) is 3. The van der Waals surface area contributed by atoms with E-state index < -0.39 is 0 Å². The molecule has 0 bridgehead atoms. The Morgan fingerprint density at radius 3 is 2.53 bits per heavy atom. The van der Waals surface area contributed by atoms with Crippen LogP contribution in [0.1, 0.15) is 45.4 Å². The van der Waals surface area contributed by atoms with Crippen molar-refractivity contribution in [3.63, 3.8) is 0 Å². The van der Waals surface area contributed by atoms with Gasteiger partial charge in [-0.05, 0) is 50.6 Å². The number of hydroxylamine groups is 2. The van der Waals surface area contributed by atoms with Gasteiger partial charge >= 0.3 is 0 Å². The van der Waals surface area contributed by atoms with Crippen molar-refractivity contribution in [1.29, 1.82) is 0 Å². The van der Waals surface area contributed by atoms with Crippen molar-refractivity contribution in [2.45, 2.75) is 51.6 Å². The van der Waals surface area contributed by atoms with Crippen molar-refractivity contribution >= 4 is 23.9 Å². The Balaban J connectivity index is 1.39. The molecule has 0 N–H and O–H groups in total. The molecular weight excluding hydrogens is 424 g/mol. The molecule has 0 fully saturated rings. The molecule has 0 amide bonds. The first-order valence-electron chi connectivity index (χ1n) is 10.6. The van der Waals surface area contributed by atoms with Gasteiger partial charge in [0.05, 0.1) is 26.0 Å². The van der Waals surface area contributed by atoms with Crippen molar-refractivity contribution in [2.75, 3.05) is 33.9 Å². The van der Waals surface area contributed by atoms with Gasteiger partial charge in [0.2, 0.25) is 0 Å². The van der Waals surface area contributed by atoms with Gasteiger partial charge in [0.15, 0.2) is 0 Å². The van der Waals surface area contributed by atoms with Crippen LogP contribution in [-0.4, -0.2) is 58.1 Å². The summed E-state index contributed by atoms with van der Waals surface area (Å²) in [6.45, 7) is 4.29. The monoisotopic (exact) mass is 455 g/mol. The average molecular weight is 456 g/mol. The molecule has 1 aromatic carbocycles. The number of rotatable bonds is 11. The van der Waals surface area contributed by atoms with Crippen LogP contribution in [0.25, 0.3) is 0 Å². The molecule has 1 atom stereocenters. The summed E-state index contributed by atoms with van der Waals surface area (Å²) in [7, 11) is 3.69. The molecule has 30 heavy (non-hydrogen) atoms. The molecule has 0 radical (unpaired) electrons. The number of ether oxygens (including phenoxy) is 2. The van der Waals surface area contributed by atoms with E-state index in [2.05, 4.69) is 15.5 Å². The van der Waals surface area contributed by atoms with E-state index in [0.29, 0.717) is 13.2 Å². The van der Waals surface area contributed by atoms with E-state index in [9.17, 15) is 5.21 Å². The molecule has 7 nitrogen and oxygen atoms in total. The number of hydrogen-bond donors (Lipinski definition) is 0. The van der Waals surface area contributed by atoms with Crippen molar-refractivity contribution in [2.24, 2.45) is 0 Å². The minimum Gasteiger partial charge on any atom is -0.756 e. The van der Waals surface area contributed by atoms with E-state index >= 15 is 0 Å². The number of halogens is 1. The third-order valence-electron chi connectivity index (χ3n) is 5.23. The van der Waals surface area contributed by atoms with Crippen molar-refractivity contribution < 1.29 is 9.47 Å². The highest BCUT2D eigenvalue weighted by Crippen LogP contribution is 2.41. The summed E-state index contributed by atoms with van der Waals surface area (Å²) in [5.74, 6) is 2.43. The topological polar surface area (TPSA) is 54.5 Å². The second-order valence-corrected chi connectivity index (χ2v) is 9.18. The summed E-state index contributed by atoms with van der Waals surface area (Å²) < 4.78 is 16.8. The van der Waals surface area contributed by atoms with Crippen LogP contribution in [0, 0.1) is 5.21 Å². The van der Waals surface area contributed by atoms with Crippen LogP contribution in [0.2, 0.25) is 0 Å². The molecule has 0 saturated carbocycles. The van der Waals surface area contributed by atoms with Gasteiger partial charge in [-0.1, -0.05) is 26.2 Å². The second-order valence-electron chi connectivity index (χ2n) is 7.58. The smallest absolute Gasteiger partial charge is 0.128 e. The molecule has 168 valence electrons. The molecule has 9 heteroatoms. The van der Waals surface area contributed by atoms with E-state index in [1.807, 2.05) is 31.3 Å². The molecule has 1 aromatic rings. The number of hydrogen-bond acceptors (Lipinski definition) is 8. The molecule has 2 aliphatic rings. The molecule has 2 heterocycles. The van der Waals surface area contributed by atoms with Gasteiger partial charge in [-0.25, -0.2) is 4.31 Å². The SMILES string of the molecule is CCCC1N([O-])C2=C(CN(C)SN2CCCCCCOc2ccc(OC)cc2)N1Cl. The standard InChI is InChI=1S/C21H32ClN4O3S/c1-4-9-20-25(22)19-16-23(2)30-24(21(19)26(20)27)14-7-5-6-8-15-29-18-12-10-17(28-3)11-13-18/h10-13,20H,4-9,14-16H2,1-3H3/q-1. The van der Waals surface area contributed by atoms with Gasteiger partial charge in [-0.3, -0.25) is 8.72 Å². The minimum absolute atomic E-state index is 0.300. The van der Waals surface area contributed by atoms with Crippen LogP contribution in [-0.2, 0) is 0 Å². The fourth-order valence-corrected chi connectivity index (χ4v) is 4.98. The van der Waals surface area contributed by atoms with E-state index in [-0.39, 0.29) is 6.17 Å². The van der Waals surface area contributed by atoms with Gasteiger partial charge in [-0.2, -0.15) is 0 Å². The lowest BCUT2D eigenvalue weighted by Gasteiger charge is -2.41. The third-order valence-corrected chi connectivity index (χ3v) is 6.62. The van der Waals surface area contributed by atoms with E-state index in [0.717, 1.165) is 73.1 Å². The van der Waals surface area contributed by atoms with Gasteiger partial charge in [0.1, 0.15) is 23.5 Å². The van der Waals surface area contributed by atoms with E-state index in [1.54, 1.807) is 23.7 Å². The normalized spacial score (nSPS) is 19.5. The second kappa shape index (κ2) is 11.2. The minimum atomic E-state index is -0.300. The summed E-state index contributed by atoms with van der Waals surface area (Å²) in [5, 5.41) is 13.9. The summed E-state index contributed by atoms with van der Waals surface area (Å²) in [6, 6.07) is 7.66. The maximum absolute atomic E-state index is 12.8. The first kappa shape index (κ1) is 23.2. The third kappa shape index (κ3) is 5.60. The van der Waals surface area contributed by atoms with Crippen LogP contribution in [0.5, 0.6) is 11.5 Å². The van der Waals surface area contributed by atoms with Gasteiger partial charge in [0, 0.05) is 30.5 Å². The fraction of sp³-hybridized carbons (Fsp3) is 0.619. The Labute approximate surface area is 189 Å². The summed E-state index contributed by atoms with van der Waals surface area (Å²) in [5.41, 5.74) is 0.916. The highest BCUT2D eigenvalue weighted by Gasteiger charge is 2.38. The van der Waals surface area contributed by atoms with Crippen LogP contribution < -0.4 is 9.47 Å². The Morgan fingerprint density at radius 2 is 1.83 bits per heavy atom. The zero-order valence-corrected chi connectivity index (χ0v) is 19.6. The number of methoxy groups -OCH3 is 1. The van der Waals surface area contributed by atoms with Crippen molar-refractivity contribution in [3.05, 3.63) is 41.0 Å². The van der Waals surface area contributed by atoms with Crippen LogP contribution in [0.4, 0.5) is 0 Å². The quantitative estimate of drug-likeness (QED) is 0.262. The fourth-order valence-electron chi connectivity index (χ4n) is 3.68. The van der Waals surface area contributed by atoms with E-state index in [1.165, 1.54) is 0 Å². The summed E-state index contributed by atoms with van der Waals surface area (Å²) >= 11 is 8.10. The van der Waals surface area contributed by atoms with Gasteiger partial charge in [-0.15, -0.1) is 0 Å². The zero-order chi connectivity index (χ0) is 21.5. The molecular formula is C21H32ClN4O3S-. The lowest BCUT2D eigenvalue weighted by atomic mass is 10.2. The highest BCUT2D eigenvalue weighted by molar-refractivity contribution is 7.94. The number of benzene rings is 1. The maximum Gasteiger partial charge on any atom is 0.128 e. The first-order valence-corrected chi connectivity index (χ1v) is 11.7. The van der Waals surface area contributed by atoms with Crippen molar-refractivity contribution in [1.82, 2.24) is 18.1 Å². The van der Waals surface area contributed by atoms with Gasteiger partial charge in [0.25, 0.3) is 0 Å². The Morgan fingerprint density at radius 1 is 1.13 bits per heavy atom. The van der Waals surface area contributed by atoms with Crippen LogP contribution in [0.15, 0.2) is 35.8 Å². The van der Waals surface area contributed by atoms with Crippen LogP contribution in [0.3, 0.4) is 0 Å². The molecule has 1 unspecified atom stereocenters. The Bertz CT molecular complexity index is 706. The highest BCUT2D eigenvalue weighted by atomic mass is 35.5. The molecule has 0 saturated heterocycles. The average Bonchev–Trinajstić information content (AvgIpc) is 2.98. The molecule has 2 aliphatic heterocycles. The maximum atomic E-state index is 12.8. The zero-order valence-electron chi connectivity index (χ0n) is 18.1. The van der Waals surface area contributed by atoms with Crippen molar-refractivity contribution in [3.8, 4) is 11.5 Å². The number of likely N-dealkylation sites (N-methyl/N-ethyl adjacent to an activating group) is 1.